The standard InChI is InChI=1S/C14H24N2O3/c1-5-8-16-10-14(2,3)9-15(4)11(13(16)19)6-7-12(17)18/h5,11H,1,6-10H2,2-4H3,(H,17,18). The molecule has 19 heavy (non-hydrogen) atoms. The maximum Gasteiger partial charge on any atom is 0.303 e. The molecule has 0 aliphatic carbocycles. The second-order valence-corrected chi connectivity index (χ2v) is 6.03. The number of carbonyl (C=O) groups excluding carboxylic acids is 1. The van der Waals surface area contributed by atoms with Gasteiger partial charge >= 0.3 is 5.97 Å². The van der Waals surface area contributed by atoms with Gasteiger partial charge in [0.1, 0.15) is 0 Å². The molecule has 1 N–H and O–H groups in total. The maximum atomic E-state index is 12.5. The van der Waals surface area contributed by atoms with E-state index in [9.17, 15) is 9.59 Å². The quantitative estimate of drug-likeness (QED) is 0.761. The monoisotopic (exact) mass is 268 g/mol. The Balaban J connectivity index is 2.90. The van der Waals surface area contributed by atoms with E-state index < -0.39 is 5.97 Å². The van der Waals surface area contributed by atoms with Gasteiger partial charge in [-0.2, -0.15) is 0 Å². The first kappa shape index (κ1) is 15.7. The van der Waals surface area contributed by atoms with E-state index in [4.69, 9.17) is 5.11 Å². The number of hydrogen-bond donors (Lipinski definition) is 1. The van der Waals surface area contributed by atoms with Gasteiger partial charge in [-0.25, -0.2) is 0 Å². The van der Waals surface area contributed by atoms with Crippen LogP contribution in [-0.4, -0.2) is 59.5 Å². The highest BCUT2D eigenvalue weighted by atomic mass is 16.4. The summed E-state index contributed by atoms with van der Waals surface area (Å²) in [7, 11) is 1.89. The Bertz CT molecular complexity index is 366. The highest BCUT2D eigenvalue weighted by Gasteiger charge is 2.37. The molecule has 1 saturated heterocycles. The van der Waals surface area contributed by atoms with Crippen molar-refractivity contribution in [3.05, 3.63) is 12.7 Å². The van der Waals surface area contributed by atoms with Gasteiger partial charge in [-0.15, -0.1) is 6.58 Å². The number of carbonyl (C=O) groups is 2. The van der Waals surface area contributed by atoms with Crippen molar-refractivity contribution in [2.24, 2.45) is 5.41 Å². The third kappa shape index (κ3) is 4.35. The number of amides is 1. The summed E-state index contributed by atoms with van der Waals surface area (Å²) >= 11 is 0. The van der Waals surface area contributed by atoms with Crippen LogP contribution in [0.1, 0.15) is 26.7 Å². The Morgan fingerprint density at radius 1 is 1.53 bits per heavy atom. The smallest absolute Gasteiger partial charge is 0.303 e. The molecule has 0 aromatic carbocycles. The van der Waals surface area contributed by atoms with Gasteiger partial charge in [0.05, 0.1) is 6.04 Å². The van der Waals surface area contributed by atoms with Crippen LogP contribution < -0.4 is 0 Å². The van der Waals surface area contributed by atoms with Gasteiger partial charge in [-0.05, 0) is 18.9 Å². The highest BCUT2D eigenvalue weighted by Crippen LogP contribution is 2.25. The van der Waals surface area contributed by atoms with Crippen LogP contribution in [0, 0.1) is 5.41 Å². The number of nitrogens with zero attached hydrogens (tertiary/aromatic N) is 2. The second kappa shape index (κ2) is 6.19. The zero-order valence-corrected chi connectivity index (χ0v) is 12.1. The summed E-state index contributed by atoms with van der Waals surface area (Å²) in [5.74, 6) is -0.853. The van der Waals surface area contributed by atoms with Crippen molar-refractivity contribution in [3.8, 4) is 0 Å². The molecule has 0 bridgehead atoms. The van der Waals surface area contributed by atoms with Crippen LogP contribution in [0.15, 0.2) is 12.7 Å². The van der Waals surface area contributed by atoms with Crippen molar-refractivity contribution in [2.45, 2.75) is 32.7 Å². The summed E-state index contributed by atoms with van der Waals surface area (Å²) in [5, 5.41) is 8.80. The van der Waals surface area contributed by atoms with Crippen LogP contribution in [0.4, 0.5) is 0 Å². The molecular formula is C14H24N2O3. The number of carboxylic acid groups (broad SMARTS) is 1. The van der Waals surface area contributed by atoms with Gasteiger partial charge in [-0.1, -0.05) is 19.9 Å². The first-order chi connectivity index (χ1) is 8.76. The molecule has 5 heteroatoms. The molecule has 1 aliphatic rings. The first-order valence-electron chi connectivity index (χ1n) is 6.58. The van der Waals surface area contributed by atoms with Crippen LogP contribution in [0.2, 0.25) is 0 Å². The summed E-state index contributed by atoms with van der Waals surface area (Å²) in [5.41, 5.74) is -0.00854. The fourth-order valence-electron chi connectivity index (χ4n) is 2.74. The van der Waals surface area contributed by atoms with Gasteiger partial charge in [0.2, 0.25) is 5.91 Å². The lowest BCUT2D eigenvalue weighted by Gasteiger charge is -2.29. The zero-order chi connectivity index (χ0) is 14.6. The minimum Gasteiger partial charge on any atom is -0.481 e. The number of rotatable bonds is 5. The maximum absolute atomic E-state index is 12.5. The molecule has 1 fully saturated rings. The predicted octanol–water partition coefficient (Wildman–Crippen LogP) is 1.21. The summed E-state index contributed by atoms with van der Waals surface area (Å²) in [6, 6.07) is -0.349. The minimum absolute atomic E-state index is 0.00854. The van der Waals surface area contributed by atoms with Crippen molar-refractivity contribution >= 4 is 11.9 Å². The Hall–Kier alpha value is -1.36. The first-order valence-corrected chi connectivity index (χ1v) is 6.58. The molecule has 0 aromatic rings. The van der Waals surface area contributed by atoms with Crippen molar-refractivity contribution in [2.75, 3.05) is 26.7 Å². The van der Waals surface area contributed by atoms with Crippen molar-refractivity contribution in [3.63, 3.8) is 0 Å². The fourth-order valence-corrected chi connectivity index (χ4v) is 2.74. The molecule has 1 unspecified atom stereocenters. The fraction of sp³-hybridized carbons (Fsp3) is 0.714. The SMILES string of the molecule is C=CCN1CC(C)(C)CN(C)C(CCC(=O)O)C1=O. The van der Waals surface area contributed by atoms with Crippen molar-refractivity contribution in [1.82, 2.24) is 9.80 Å². The molecule has 1 atom stereocenters. The molecule has 1 amide bonds. The molecule has 108 valence electrons. The molecule has 0 radical (unpaired) electrons. The molecule has 5 nitrogen and oxygen atoms in total. The number of likely N-dealkylation sites (N-methyl/N-ethyl adjacent to an activating group) is 1. The number of hydrogen-bond acceptors (Lipinski definition) is 3. The Morgan fingerprint density at radius 3 is 2.68 bits per heavy atom. The van der Waals surface area contributed by atoms with E-state index in [0.717, 1.165) is 6.54 Å². The summed E-state index contributed by atoms with van der Waals surface area (Å²) < 4.78 is 0. The Kier molecular flexibility index (Phi) is 5.11. The topological polar surface area (TPSA) is 60.9 Å². The molecule has 1 heterocycles. The summed E-state index contributed by atoms with van der Waals surface area (Å²) in [6.45, 7) is 9.88. The summed E-state index contributed by atoms with van der Waals surface area (Å²) in [6.07, 6.45) is 2.09. The molecule has 0 aromatic heterocycles. The van der Waals surface area contributed by atoms with Crippen molar-refractivity contribution in [1.29, 1.82) is 0 Å². The third-order valence-electron chi connectivity index (χ3n) is 3.41. The van der Waals surface area contributed by atoms with Gasteiger partial charge in [0, 0.05) is 26.1 Å². The van der Waals surface area contributed by atoms with Crippen molar-refractivity contribution < 1.29 is 14.7 Å². The van der Waals surface area contributed by atoms with Gasteiger partial charge in [-0.3, -0.25) is 14.5 Å². The van der Waals surface area contributed by atoms with Crippen LogP contribution in [0.5, 0.6) is 0 Å². The van der Waals surface area contributed by atoms with E-state index >= 15 is 0 Å². The van der Waals surface area contributed by atoms with Gasteiger partial charge in [0.15, 0.2) is 0 Å². The van der Waals surface area contributed by atoms with E-state index in [2.05, 4.69) is 20.4 Å². The van der Waals surface area contributed by atoms with E-state index in [1.165, 1.54) is 0 Å². The lowest BCUT2D eigenvalue weighted by Crippen LogP contribution is -2.44. The third-order valence-corrected chi connectivity index (χ3v) is 3.41. The normalized spacial score (nSPS) is 24.1. The number of aliphatic carboxylic acids is 1. The Labute approximate surface area is 114 Å². The largest absolute Gasteiger partial charge is 0.481 e. The molecule has 0 saturated carbocycles. The Morgan fingerprint density at radius 2 is 2.16 bits per heavy atom. The minimum atomic E-state index is -0.861. The lowest BCUT2D eigenvalue weighted by atomic mass is 9.92. The van der Waals surface area contributed by atoms with Crippen LogP contribution in [-0.2, 0) is 9.59 Å². The summed E-state index contributed by atoms with van der Waals surface area (Å²) in [4.78, 5) is 27.0. The van der Waals surface area contributed by atoms with Gasteiger partial charge < -0.3 is 10.0 Å². The van der Waals surface area contributed by atoms with E-state index in [0.29, 0.717) is 19.5 Å². The van der Waals surface area contributed by atoms with Crippen LogP contribution in [0.3, 0.4) is 0 Å². The molecule has 1 rings (SSSR count). The average Bonchev–Trinajstić information content (AvgIpc) is 2.33. The average molecular weight is 268 g/mol. The highest BCUT2D eigenvalue weighted by molar-refractivity contribution is 5.83. The van der Waals surface area contributed by atoms with Crippen LogP contribution in [0.25, 0.3) is 0 Å². The molecule has 0 spiro atoms. The van der Waals surface area contributed by atoms with E-state index in [1.807, 2.05) is 11.9 Å². The predicted molar refractivity (Wildman–Crippen MR) is 73.8 cm³/mol. The zero-order valence-electron chi connectivity index (χ0n) is 12.1. The second-order valence-electron chi connectivity index (χ2n) is 6.03. The van der Waals surface area contributed by atoms with Gasteiger partial charge in [0.25, 0.3) is 0 Å². The van der Waals surface area contributed by atoms with E-state index in [1.54, 1.807) is 11.0 Å². The van der Waals surface area contributed by atoms with E-state index in [-0.39, 0.29) is 23.8 Å². The molecule has 1 aliphatic heterocycles. The van der Waals surface area contributed by atoms with Crippen LogP contribution >= 0.6 is 0 Å². The lowest BCUT2D eigenvalue weighted by molar-refractivity contribution is -0.138. The molecular weight excluding hydrogens is 244 g/mol. The number of carboxylic acids is 1.